The Kier molecular flexibility index (Phi) is 6.18. The van der Waals surface area contributed by atoms with Crippen LogP contribution in [0.25, 0.3) is 11.4 Å². The van der Waals surface area contributed by atoms with Crippen molar-refractivity contribution in [3.05, 3.63) is 58.4 Å². The number of amides is 1. The van der Waals surface area contributed by atoms with Crippen LogP contribution in [0.2, 0.25) is 0 Å². The van der Waals surface area contributed by atoms with Gasteiger partial charge in [-0.1, -0.05) is 6.07 Å². The lowest BCUT2D eigenvalue weighted by Gasteiger charge is -2.19. The number of anilines is 1. The van der Waals surface area contributed by atoms with Gasteiger partial charge in [0.1, 0.15) is 11.9 Å². The Morgan fingerprint density at radius 1 is 1.22 bits per heavy atom. The van der Waals surface area contributed by atoms with E-state index in [4.69, 9.17) is 9.47 Å². The Morgan fingerprint density at radius 2 is 2.00 bits per heavy atom. The maximum atomic E-state index is 14.7. The number of carbonyl (C=O) groups is 2. The molecule has 5 rings (SSSR count). The Balaban J connectivity index is 1.44. The van der Waals surface area contributed by atoms with Crippen molar-refractivity contribution in [3.63, 3.8) is 0 Å². The molecule has 3 aromatic rings. The third-order valence-corrected chi connectivity index (χ3v) is 6.56. The zero-order valence-corrected chi connectivity index (χ0v) is 19.5. The zero-order valence-electron chi connectivity index (χ0n) is 19.5. The number of ether oxygens (including phenoxy) is 2. The first-order valence-corrected chi connectivity index (χ1v) is 11.4. The highest BCUT2D eigenvalue weighted by Gasteiger charge is 2.53. The Bertz CT molecular complexity index is 1350. The lowest BCUT2D eigenvalue weighted by molar-refractivity contribution is -0.137. The molecule has 1 amide bonds. The first-order chi connectivity index (χ1) is 17.6. The molecular formula is C24H21F4N5O4. The van der Waals surface area contributed by atoms with Crippen LogP contribution in [0, 0.1) is 12.7 Å². The van der Waals surface area contributed by atoms with E-state index >= 15 is 0 Å². The molecule has 2 N–H and O–H groups in total. The molecule has 2 heterocycles. The van der Waals surface area contributed by atoms with Gasteiger partial charge in [0.15, 0.2) is 5.82 Å². The average molecular weight is 519 g/mol. The van der Waals surface area contributed by atoms with Gasteiger partial charge in [-0.15, -0.1) is 5.10 Å². The van der Waals surface area contributed by atoms with Crippen molar-refractivity contribution in [2.24, 2.45) is 0 Å². The number of tetrazole rings is 1. The van der Waals surface area contributed by atoms with Gasteiger partial charge in [-0.05, 0) is 60.0 Å². The lowest BCUT2D eigenvalue weighted by Crippen LogP contribution is -2.29. The number of nitrogens with one attached hydrogen (secondary N) is 2. The molecule has 0 radical (unpaired) electrons. The predicted molar refractivity (Wildman–Crippen MR) is 120 cm³/mol. The van der Waals surface area contributed by atoms with Crippen LogP contribution in [0.1, 0.15) is 46.3 Å². The first-order valence-electron chi connectivity index (χ1n) is 11.4. The maximum absolute atomic E-state index is 14.7. The van der Waals surface area contributed by atoms with E-state index in [2.05, 4.69) is 25.9 Å². The highest BCUT2D eigenvalue weighted by Crippen LogP contribution is 2.50. The number of aryl methyl sites for hydroxylation is 1. The van der Waals surface area contributed by atoms with Crippen molar-refractivity contribution in [2.75, 3.05) is 18.5 Å². The molecule has 1 saturated heterocycles. The number of benzene rings is 2. The third kappa shape index (κ3) is 4.78. The summed E-state index contributed by atoms with van der Waals surface area (Å²) in [6, 6.07) is 5.20. The van der Waals surface area contributed by atoms with Crippen molar-refractivity contribution in [2.45, 2.75) is 43.9 Å². The summed E-state index contributed by atoms with van der Waals surface area (Å²) in [5, 5.41) is 16.3. The Hall–Kier alpha value is -3.87. The van der Waals surface area contributed by atoms with Crippen LogP contribution in [0.5, 0.6) is 0 Å². The van der Waals surface area contributed by atoms with Gasteiger partial charge >= 0.3 is 12.1 Å². The minimum atomic E-state index is -4.70. The molecule has 1 aromatic heterocycles. The van der Waals surface area contributed by atoms with Crippen LogP contribution in [-0.4, -0.2) is 51.8 Å². The molecule has 9 nitrogen and oxygen atoms in total. The standard InChI is InChI=1S/C24H21F4N5O4/c1-12-8-14(10-16(20-30-32-33-31-20)19(12)21(34)37-15-4-7-36-11-15)29-22(35)23(5-6-23)17-3-2-13(9-18(17)25)24(26,27)28/h2-3,8-10,15H,4-7,11H2,1H3,(H,29,35)(H,30,31,32,33). The molecule has 13 heteroatoms. The molecule has 0 spiro atoms. The molecule has 1 aliphatic carbocycles. The van der Waals surface area contributed by atoms with E-state index in [-0.39, 0.29) is 47.1 Å². The van der Waals surface area contributed by atoms with Crippen LogP contribution < -0.4 is 5.32 Å². The number of nitrogens with zero attached hydrogens (tertiary/aromatic N) is 3. The normalized spacial score (nSPS) is 18.5. The smallest absolute Gasteiger partial charge is 0.416 e. The minimum Gasteiger partial charge on any atom is -0.456 e. The zero-order chi connectivity index (χ0) is 26.4. The van der Waals surface area contributed by atoms with Gasteiger partial charge in [0.25, 0.3) is 0 Å². The molecule has 1 unspecified atom stereocenters. The number of hydrogen-bond donors (Lipinski definition) is 2. The van der Waals surface area contributed by atoms with Gasteiger partial charge in [0.2, 0.25) is 5.91 Å². The molecule has 0 bridgehead atoms. The summed E-state index contributed by atoms with van der Waals surface area (Å²) >= 11 is 0. The van der Waals surface area contributed by atoms with Crippen molar-refractivity contribution in [1.82, 2.24) is 20.6 Å². The van der Waals surface area contributed by atoms with E-state index in [1.54, 1.807) is 13.0 Å². The maximum Gasteiger partial charge on any atom is 0.416 e. The summed E-state index contributed by atoms with van der Waals surface area (Å²) in [6.45, 7) is 2.43. The van der Waals surface area contributed by atoms with E-state index in [9.17, 15) is 27.2 Å². The fourth-order valence-corrected chi connectivity index (χ4v) is 4.48. The van der Waals surface area contributed by atoms with Gasteiger partial charge in [-0.3, -0.25) is 4.79 Å². The number of halogens is 4. The molecule has 194 valence electrons. The highest BCUT2D eigenvalue weighted by atomic mass is 19.4. The van der Waals surface area contributed by atoms with Crippen LogP contribution in [0.4, 0.5) is 23.2 Å². The monoisotopic (exact) mass is 519 g/mol. The van der Waals surface area contributed by atoms with E-state index < -0.39 is 34.8 Å². The van der Waals surface area contributed by atoms with Crippen molar-refractivity contribution in [1.29, 1.82) is 0 Å². The molecule has 37 heavy (non-hydrogen) atoms. The Labute approximate surface area is 207 Å². The summed E-state index contributed by atoms with van der Waals surface area (Å²) < 4.78 is 64.3. The highest BCUT2D eigenvalue weighted by molar-refractivity contribution is 6.04. The van der Waals surface area contributed by atoms with Crippen LogP contribution >= 0.6 is 0 Å². The molecule has 2 aromatic carbocycles. The number of esters is 1. The molecular weight excluding hydrogens is 498 g/mol. The van der Waals surface area contributed by atoms with Crippen molar-refractivity contribution >= 4 is 17.6 Å². The second kappa shape index (κ2) is 9.21. The topological polar surface area (TPSA) is 119 Å². The van der Waals surface area contributed by atoms with Gasteiger partial charge in [0, 0.05) is 23.2 Å². The lowest BCUT2D eigenvalue weighted by atomic mass is 9.92. The second-order valence-electron chi connectivity index (χ2n) is 9.09. The number of H-pyrrole nitrogens is 1. The number of hydrogen-bond acceptors (Lipinski definition) is 7. The van der Waals surface area contributed by atoms with Crippen molar-refractivity contribution in [3.8, 4) is 11.4 Å². The van der Waals surface area contributed by atoms with Gasteiger partial charge < -0.3 is 14.8 Å². The van der Waals surface area contributed by atoms with E-state index in [1.165, 1.54) is 6.07 Å². The fourth-order valence-electron chi connectivity index (χ4n) is 4.48. The quantitative estimate of drug-likeness (QED) is 0.374. The number of rotatable bonds is 6. The summed E-state index contributed by atoms with van der Waals surface area (Å²) in [5.74, 6) is -2.13. The van der Waals surface area contributed by atoms with Gasteiger partial charge in [-0.2, -0.15) is 13.2 Å². The van der Waals surface area contributed by atoms with Crippen LogP contribution in [0.15, 0.2) is 30.3 Å². The van der Waals surface area contributed by atoms with Crippen LogP contribution in [-0.2, 0) is 25.9 Å². The van der Waals surface area contributed by atoms with E-state index in [1.807, 2.05) is 0 Å². The molecule has 1 saturated carbocycles. The Morgan fingerprint density at radius 3 is 2.59 bits per heavy atom. The minimum absolute atomic E-state index is 0.103. The van der Waals surface area contributed by atoms with E-state index in [0.29, 0.717) is 31.3 Å². The van der Waals surface area contributed by atoms with Gasteiger partial charge in [-0.25, -0.2) is 14.3 Å². The van der Waals surface area contributed by atoms with E-state index in [0.717, 1.165) is 12.1 Å². The van der Waals surface area contributed by atoms with Crippen LogP contribution in [0.3, 0.4) is 0 Å². The number of aromatic amines is 1. The summed E-state index contributed by atoms with van der Waals surface area (Å²) in [6.07, 6.45) is -3.98. The number of aromatic nitrogens is 4. The summed E-state index contributed by atoms with van der Waals surface area (Å²) in [7, 11) is 0. The van der Waals surface area contributed by atoms with Crippen molar-refractivity contribution < 1.29 is 36.6 Å². The van der Waals surface area contributed by atoms with Gasteiger partial charge in [0.05, 0.1) is 29.8 Å². The number of carbonyl (C=O) groups excluding carboxylic acids is 2. The average Bonchev–Trinajstić information content (AvgIpc) is 3.19. The fraction of sp³-hybridized carbons (Fsp3) is 0.375. The SMILES string of the molecule is Cc1cc(NC(=O)C2(c3ccc(C(F)(F)F)cc3F)CC2)cc(-c2nnn[nH]2)c1C(=O)OC1CCOC1. The largest absolute Gasteiger partial charge is 0.456 e. The summed E-state index contributed by atoms with van der Waals surface area (Å²) in [4.78, 5) is 26.2. The third-order valence-electron chi connectivity index (χ3n) is 6.56. The molecule has 1 aliphatic heterocycles. The molecule has 2 aliphatic rings. The molecule has 1 atom stereocenters. The first kappa shape index (κ1) is 24.8. The number of alkyl halides is 3. The summed E-state index contributed by atoms with van der Waals surface area (Å²) in [5.41, 5.74) is -1.33. The predicted octanol–water partition coefficient (Wildman–Crippen LogP) is 3.95. The molecule has 2 fully saturated rings. The second-order valence-corrected chi connectivity index (χ2v) is 9.09.